The Balaban J connectivity index is 1.21. The number of carbonyl (C=O) groups is 1. The van der Waals surface area contributed by atoms with Gasteiger partial charge < -0.3 is 5.32 Å². The fourth-order valence-electron chi connectivity index (χ4n) is 4.68. The molecule has 3 aromatic rings. The van der Waals surface area contributed by atoms with Crippen LogP contribution in [0.3, 0.4) is 0 Å². The summed E-state index contributed by atoms with van der Waals surface area (Å²) in [5, 5.41) is 7.90. The summed E-state index contributed by atoms with van der Waals surface area (Å²) in [6.07, 6.45) is 8.67. The van der Waals surface area contributed by atoms with Gasteiger partial charge in [0, 0.05) is 16.2 Å². The van der Waals surface area contributed by atoms with Crippen molar-refractivity contribution in [1.29, 1.82) is 0 Å². The molecule has 1 aromatic heterocycles. The molecule has 0 unspecified atom stereocenters. The number of aromatic nitrogens is 2. The summed E-state index contributed by atoms with van der Waals surface area (Å²) in [7, 11) is 0. The van der Waals surface area contributed by atoms with Crippen molar-refractivity contribution in [2.45, 2.75) is 56.0 Å². The lowest BCUT2D eigenvalue weighted by atomic mass is 9.93. The Kier molecular flexibility index (Phi) is 5.63. The van der Waals surface area contributed by atoms with Crippen molar-refractivity contribution in [1.82, 2.24) is 15.1 Å². The maximum atomic E-state index is 12.7. The Bertz CT molecular complexity index is 1040. The van der Waals surface area contributed by atoms with Crippen molar-refractivity contribution < 1.29 is 4.79 Å². The minimum Gasteiger partial charge on any atom is -0.348 e. The molecule has 1 N–H and O–H groups in total. The summed E-state index contributed by atoms with van der Waals surface area (Å²) >= 11 is 1.64. The van der Waals surface area contributed by atoms with E-state index in [4.69, 9.17) is 0 Å². The molecule has 5 rings (SSSR count). The molecule has 0 spiro atoms. The molecule has 4 nitrogen and oxygen atoms in total. The van der Waals surface area contributed by atoms with Crippen LogP contribution in [0.25, 0.3) is 0 Å². The molecular weight excluding hydrogens is 390 g/mol. The number of hydrogen-bond donors (Lipinski definition) is 1. The lowest BCUT2D eigenvalue weighted by Gasteiger charge is -2.24. The van der Waals surface area contributed by atoms with E-state index in [-0.39, 0.29) is 11.9 Å². The number of carbonyl (C=O) groups excluding carboxylic acids is 1. The number of aryl methyl sites for hydroxylation is 2. The van der Waals surface area contributed by atoms with Crippen LogP contribution in [0.1, 0.15) is 53.3 Å². The van der Waals surface area contributed by atoms with E-state index in [1.807, 2.05) is 12.3 Å². The summed E-state index contributed by atoms with van der Waals surface area (Å²) in [6, 6.07) is 17.2. The fourth-order valence-corrected chi connectivity index (χ4v) is 5.46. The van der Waals surface area contributed by atoms with Crippen LogP contribution in [0.4, 0.5) is 0 Å². The van der Waals surface area contributed by atoms with Gasteiger partial charge in [-0.1, -0.05) is 36.4 Å². The number of hydrogen-bond acceptors (Lipinski definition) is 3. The zero-order valence-electron chi connectivity index (χ0n) is 17.1. The van der Waals surface area contributed by atoms with E-state index in [1.165, 1.54) is 52.1 Å². The fraction of sp³-hybridized carbons (Fsp3) is 0.360. The predicted molar refractivity (Wildman–Crippen MR) is 121 cm³/mol. The molecule has 2 aliphatic rings. The standard InChI is InChI=1S/C25H27N3OS/c29-25(17-30-21-13-12-19-8-4-9-20(19)14-21)27-23-10-5-11-24-22(23)15-26-28(24)16-18-6-2-1-3-7-18/h1-3,6-7,12-15,23H,4-5,8-11,16-17H2,(H,27,29)/t23-/m1/s1. The van der Waals surface area contributed by atoms with Gasteiger partial charge in [-0.05, 0) is 67.3 Å². The number of rotatable bonds is 6. The first-order valence-corrected chi connectivity index (χ1v) is 11.9. The molecule has 2 aromatic carbocycles. The van der Waals surface area contributed by atoms with Crippen LogP contribution in [0.2, 0.25) is 0 Å². The Morgan fingerprint density at radius 3 is 2.83 bits per heavy atom. The van der Waals surface area contributed by atoms with Crippen molar-refractivity contribution in [3.63, 3.8) is 0 Å². The first-order chi connectivity index (χ1) is 14.8. The summed E-state index contributed by atoms with van der Waals surface area (Å²) in [4.78, 5) is 13.9. The van der Waals surface area contributed by atoms with Crippen LogP contribution < -0.4 is 5.32 Å². The highest BCUT2D eigenvalue weighted by Gasteiger charge is 2.25. The van der Waals surface area contributed by atoms with Gasteiger partial charge in [-0.2, -0.15) is 5.10 Å². The number of benzene rings is 2. The van der Waals surface area contributed by atoms with E-state index < -0.39 is 0 Å². The van der Waals surface area contributed by atoms with Gasteiger partial charge in [0.25, 0.3) is 0 Å². The van der Waals surface area contributed by atoms with Gasteiger partial charge in [0.2, 0.25) is 5.91 Å². The molecule has 1 amide bonds. The molecule has 154 valence electrons. The van der Waals surface area contributed by atoms with E-state index in [0.29, 0.717) is 5.75 Å². The smallest absolute Gasteiger partial charge is 0.230 e. The minimum absolute atomic E-state index is 0.0754. The second-order valence-corrected chi connectivity index (χ2v) is 9.32. The highest BCUT2D eigenvalue weighted by atomic mass is 32.2. The molecule has 0 bridgehead atoms. The molecule has 0 saturated carbocycles. The lowest BCUT2D eigenvalue weighted by molar-refractivity contribution is -0.119. The molecule has 0 saturated heterocycles. The third-order valence-corrected chi connectivity index (χ3v) is 7.21. The largest absolute Gasteiger partial charge is 0.348 e. The molecule has 0 radical (unpaired) electrons. The third kappa shape index (κ3) is 4.17. The van der Waals surface area contributed by atoms with E-state index in [1.54, 1.807) is 11.8 Å². The second-order valence-electron chi connectivity index (χ2n) is 8.27. The van der Waals surface area contributed by atoms with Crippen LogP contribution in [-0.4, -0.2) is 21.4 Å². The zero-order valence-corrected chi connectivity index (χ0v) is 18.0. The van der Waals surface area contributed by atoms with E-state index in [9.17, 15) is 4.79 Å². The maximum absolute atomic E-state index is 12.7. The monoisotopic (exact) mass is 417 g/mol. The van der Waals surface area contributed by atoms with Gasteiger partial charge in [-0.25, -0.2) is 0 Å². The van der Waals surface area contributed by atoms with Gasteiger partial charge in [0.1, 0.15) is 0 Å². The molecular formula is C25H27N3OS. The quantitative estimate of drug-likeness (QED) is 0.591. The molecule has 0 fully saturated rings. The Morgan fingerprint density at radius 1 is 1.07 bits per heavy atom. The highest BCUT2D eigenvalue weighted by Crippen LogP contribution is 2.31. The SMILES string of the molecule is O=C(CSc1ccc2c(c1)CCC2)N[C@@H]1CCCc2c1cnn2Cc1ccccc1. The van der Waals surface area contributed by atoms with Gasteiger partial charge in [0.05, 0.1) is 24.5 Å². The third-order valence-electron chi connectivity index (χ3n) is 6.21. The van der Waals surface area contributed by atoms with Crippen molar-refractivity contribution in [2.24, 2.45) is 0 Å². The molecule has 2 aliphatic carbocycles. The molecule has 30 heavy (non-hydrogen) atoms. The van der Waals surface area contributed by atoms with E-state index in [0.717, 1.165) is 25.8 Å². The second kappa shape index (κ2) is 8.68. The zero-order chi connectivity index (χ0) is 20.3. The lowest BCUT2D eigenvalue weighted by Crippen LogP contribution is -2.32. The Hall–Kier alpha value is -2.53. The normalized spacial score (nSPS) is 17.4. The van der Waals surface area contributed by atoms with Crippen molar-refractivity contribution in [2.75, 3.05) is 5.75 Å². The minimum atomic E-state index is 0.0754. The number of amides is 1. The average molecular weight is 418 g/mol. The van der Waals surface area contributed by atoms with Crippen molar-refractivity contribution >= 4 is 17.7 Å². The van der Waals surface area contributed by atoms with Crippen LogP contribution in [0.15, 0.2) is 59.6 Å². The molecule has 1 atom stereocenters. The van der Waals surface area contributed by atoms with Crippen LogP contribution >= 0.6 is 11.8 Å². The number of nitrogens with zero attached hydrogens (tertiary/aromatic N) is 2. The van der Waals surface area contributed by atoms with E-state index in [2.05, 4.69) is 57.6 Å². The van der Waals surface area contributed by atoms with Crippen molar-refractivity contribution in [3.8, 4) is 0 Å². The summed E-state index contributed by atoms with van der Waals surface area (Å²) in [6.45, 7) is 0.783. The first kappa shape index (κ1) is 19.4. The molecule has 0 aliphatic heterocycles. The Labute approximate surface area is 182 Å². The van der Waals surface area contributed by atoms with Crippen LogP contribution in [0.5, 0.6) is 0 Å². The van der Waals surface area contributed by atoms with Crippen LogP contribution in [-0.2, 0) is 30.6 Å². The topological polar surface area (TPSA) is 46.9 Å². The molecule has 5 heteroatoms. The highest BCUT2D eigenvalue weighted by molar-refractivity contribution is 8.00. The van der Waals surface area contributed by atoms with Crippen LogP contribution in [0, 0.1) is 0 Å². The number of thioether (sulfide) groups is 1. The van der Waals surface area contributed by atoms with Gasteiger partial charge in [-0.15, -0.1) is 11.8 Å². The predicted octanol–water partition coefficient (Wildman–Crippen LogP) is 4.71. The van der Waals surface area contributed by atoms with Crippen molar-refractivity contribution in [3.05, 3.63) is 82.7 Å². The van der Waals surface area contributed by atoms with Gasteiger partial charge in [0.15, 0.2) is 0 Å². The number of fused-ring (bicyclic) bond motifs is 2. The number of nitrogens with one attached hydrogen (secondary N) is 1. The summed E-state index contributed by atoms with van der Waals surface area (Å²) in [5.74, 6) is 0.567. The summed E-state index contributed by atoms with van der Waals surface area (Å²) in [5.41, 5.74) is 6.64. The first-order valence-electron chi connectivity index (χ1n) is 10.9. The molecule has 1 heterocycles. The van der Waals surface area contributed by atoms with Gasteiger partial charge >= 0.3 is 0 Å². The summed E-state index contributed by atoms with van der Waals surface area (Å²) < 4.78 is 2.10. The maximum Gasteiger partial charge on any atom is 0.230 e. The Morgan fingerprint density at radius 2 is 1.93 bits per heavy atom. The average Bonchev–Trinajstić information content (AvgIpc) is 3.40. The van der Waals surface area contributed by atoms with Gasteiger partial charge in [-0.3, -0.25) is 9.48 Å². The van der Waals surface area contributed by atoms with E-state index >= 15 is 0 Å².